The molecule has 6 rings (SSSR count). The average Bonchev–Trinajstić information content (AvgIpc) is 3.58. The van der Waals surface area contributed by atoms with Gasteiger partial charge in [0.1, 0.15) is 47.5 Å². The molecule has 4 bridgehead atoms. The number of carbonyl (C=O) groups excluding carboxylic acids is 3. The van der Waals surface area contributed by atoms with Crippen molar-refractivity contribution in [3.8, 4) is 17.2 Å². The minimum atomic E-state index is -2.02. The summed E-state index contributed by atoms with van der Waals surface area (Å²) in [6.07, 6.45) is 6.32. The number of aliphatic hydroxyl groups excluding tert-OH is 2. The second-order valence-corrected chi connectivity index (χ2v) is 19.0. The van der Waals surface area contributed by atoms with Crippen LogP contribution in [0.5, 0.6) is 17.2 Å². The highest BCUT2D eigenvalue weighted by Gasteiger charge is 2.49. The summed E-state index contributed by atoms with van der Waals surface area (Å²) in [5.74, 6) is -4.62. The predicted molar refractivity (Wildman–Crippen MR) is 272 cm³/mol. The van der Waals surface area contributed by atoms with Crippen LogP contribution in [-0.4, -0.2) is 113 Å². The lowest BCUT2D eigenvalue weighted by molar-refractivity contribution is -0.949. The second-order valence-electron chi connectivity index (χ2n) is 19.0. The first-order valence-corrected chi connectivity index (χ1v) is 24.2. The van der Waals surface area contributed by atoms with Crippen molar-refractivity contribution in [1.82, 2.24) is 4.98 Å². The van der Waals surface area contributed by atoms with Gasteiger partial charge >= 0.3 is 11.8 Å². The fourth-order valence-electron chi connectivity index (χ4n) is 9.09. The largest absolute Gasteiger partial charge is 0.505 e. The molecule has 1 amide bonds. The Morgan fingerprint density at radius 2 is 1.67 bits per heavy atom. The monoisotopic (exact) mass is 975 g/mol. The van der Waals surface area contributed by atoms with Gasteiger partial charge in [0.25, 0.3) is 11.7 Å². The van der Waals surface area contributed by atoms with Crippen LogP contribution < -0.4 is 20.2 Å². The van der Waals surface area contributed by atoms with Gasteiger partial charge in [-0.15, -0.1) is 0 Å². The third kappa shape index (κ3) is 11.8. The number of phenols is 1. The number of hydrogen-bond acceptors (Lipinski definition) is 14. The lowest BCUT2D eigenvalue weighted by Gasteiger charge is -2.42. The van der Waals surface area contributed by atoms with Crippen molar-refractivity contribution >= 4 is 56.3 Å². The number of nitrogens with one attached hydrogen (secondary N) is 1. The van der Waals surface area contributed by atoms with Gasteiger partial charge in [0.15, 0.2) is 22.3 Å². The van der Waals surface area contributed by atoms with E-state index in [0.717, 1.165) is 18.1 Å². The number of amides is 1. The summed E-state index contributed by atoms with van der Waals surface area (Å²) < 4.78 is 37.3. The zero-order valence-electron chi connectivity index (χ0n) is 43.9. The van der Waals surface area contributed by atoms with Crippen molar-refractivity contribution in [1.29, 1.82) is 0 Å². The number of carbonyl (C=O) groups is 3. The number of fused-ring (bicyclic) bond motifs is 2. The number of Topliss-reactive ketones (excluding diaryl/α,β-unsaturated/α-hetero) is 1. The summed E-state index contributed by atoms with van der Waals surface area (Å²) in [5, 5.41) is 33.1. The maximum Gasteiger partial charge on any atom is 0.312 e. The molecular formula is C54H76N3O13+. The van der Waals surface area contributed by atoms with Gasteiger partial charge in [0.2, 0.25) is 0 Å². The van der Waals surface area contributed by atoms with Crippen LogP contribution in [0.1, 0.15) is 112 Å². The van der Waals surface area contributed by atoms with Gasteiger partial charge in [0.05, 0.1) is 48.6 Å². The van der Waals surface area contributed by atoms with E-state index in [1.165, 1.54) is 40.2 Å². The molecule has 3 heterocycles. The van der Waals surface area contributed by atoms with Crippen molar-refractivity contribution in [2.45, 2.75) is 139 Å². The number of rotatable bonds is 8. The Kier molecular flexibility index (Phi) is 19.4. The topological polar surface area (TPSA) is 213 Å². The first-order valence-electron chi connectivity index (χ1n) is 24.2. The van der Waals surface area contributed by atoms with E-state index < -0.39 is 58.9 Å². The summed E-state index contributed by atoms with van der Waals surface area (Å²) in [6.45, 7) is 25.5. The second kappa shape index (κ2) is 23.9. The number of allylic oxidation sites excluding steroid dienone is 3. The average molecular weight is 975 g/mol. The number of nitrogens with zero attached hydrogens (tertiary/aromatic N) is 2. The third-order valence-corrected chi connectivity index (χ3v) is 13.7. The first-order chi connectivity index (χ1) is 33.0. The van der Waals surface area contributed by atoms with Gasteiger partial charge in [0, 0.05) is 56.6 Å². The van der Waals surface area contributed by atoms with E-state index in [9.17, 15) is 29.4 Å². The summed E-state index contributed by atoms with van der Waals surface area (Å²) in [6, 6.07) is 5.86. The summed E-state index contributed by atoms with van der Waals surface area (Å²) in [4.78, 5) is 60.3. The van der Waals surface area contributed by atoms with E-state index in [1.807, 2.05) is 33.8 Å². The Bertz CT molecular complexity index is 2680. The van der Waals surface area contributed by atoms with Crippen LogP contribution in [0.3, 0.4) is 0 Å². The van der Waals surface area contributed by atoms with Crippen molar-refractivity contribution in [3.63, 3.8) is 0 Å². The normalized spacial score (nSPS) is 25.0. The van der Waals surface area contributed by atoms with Crippen LogP contribution >= 0.6 is 0 Å². The Hall–Kier alpha value is -5.81. The number of aromatic nitrogens is 1. The fraction of sp³-hybridized carbons (Fsp3) is 0.537. The number of likely N-dealkylation sites (N-methyl/N-ethyl adjacent to an activating group) is 1. The molecule has 2 aliphatic rings. The molecule has 7 atom stereocenters. The molecule has 384 valence electrons. The Balaban J connectivity index is 0.00000260. The van der Waals surface area contributed by atoms with Crippen LogP contribution in [0.4, 0.5) is 5.69 Å². The van der Waals surface area contributed by atoms with Gasteiger partial charge in [-0.25, -0.2) is 4.98 Å². The lowest BCUT2D eigenvalue weighted by atomic mass is 9.86. The first kappa shape index (κ1) is 56.8. The van der Waals surface area contributed by atoms with Crippen molar-refractivity contribution in [2.75, 3.05) is 39.7 Å². The number of hydrogen-bond donors (Lipinski definition) is 4. The van der Waals surface area contributed by atoms with Gasteiger partial charge in [-0.3, -0.25) is 19.2 Å². The molecule has 0 radical (unpaired) electrons. The Labute approximate surface area is 411 Å². The molecule has 3 unspecified atom stereocenters. The van der Waals surface area contributed by atoms with E-state index in [1.54, 1.807) is 44.2 Å². The SMILES string of the molecule is CC.CO.CO[C@H]1/C=C/O[C@@]2(C)Oc3c(C)c(=O)c4c(O)c(c5oc6cc(OCC[N+](C)(C(C)C)C(C)C)ccc6nc5c4c3C2=O)NC(=O)/C(C)=C\C=C\C(C)C[C@@H](C)CC(O)C(OC(C)=O)[C@@H]1C. The molecule has 4 aromatic rings. The minimum Gasteiger partial charge on any atom is -0.505 e. The van der Waals surface area contributed by atoms with E-state index in [4.69, 9.17) is 38.2 Å². The lowest BCUT2D eigenvalue weighted by Crippen LogP contribution is -2.56. The molecule has 70 heavy (non-hydrogen) atoms. The molecule has 1 aromatic heterocycles. The molecule has 0 aliphatic carbocycles. The summed E-state index contributed by atoms with van der Waals surface area (Å²) >= 11 is 0. The number of aliphatic hydroxyl groups is 2. The van der Waals surface area contributed by atoms with Crippen LogP contribution in [0, 0.1) is 24.7 Å². The van der Waals surface area contributed by atoms with E-state index in [2.05, 4.69) is 40.1 Å². The van der Waals surface area contributed by atoms with E-state index in [0.29, 0.717) is 42.8 Å². The number of esters is 1. The molecule has 0 saturated heterocycles. The molecular weight excluding hydrogens is 899 g/mol. The highest BCUT2D eigenvalue weighted by Crippen LogP contribution is 2.48. The maximum absolute atomic E-state index is 14.7. The van der Waals surface area contributed by atoms with Crippen molar-refractivity contribution in [3.05, 3.63) is 75.7 Å². The highest BCUT2D eigenvalue weighted by molar-refractivity contribution is 6.26. The summed E-state index contributed by atoms with van der Waals surface area (Å²) in [5.41, 5.74) is -0.184. The number of phenolic OH excluding ortho intramolecular Hbond substituents is 1. The van der Waals surface area contributed by atoms with E-state index >= 15 is 0 Å². The highest BCUT2D eigenvalue weighted by atomic mass is 16.7. The Morgan fingerprint density at radius 3 is 2.29 bits per heavy atom. The number of anilines is 1. The number of benzene rings is 3. The number of methoxy groups -OCH3 is 1. The van der Waals surface area contributed by atoms with Crippen LogP contribution in [0.15, 0.2) is 63.6 Å². The van der Waals surface area contributed by atoms with Gasteiger partial charge in [-0.1, -0.05) is 52.8 Å². The standard InChI is InChI=1S/C51H65N3O12.C2H6.CH4O/c1-26(2)54(12,27(3)4)20-22-62-34-17-18-35-38(25-34)65-48-42(52-35)39-40-44(57)32(9)47-41(39)49(59)51(11,66-47)63-21-19-37(61-13)31(8)46(64-33(10)55)36(56)24-29(6)23-28(5)15-14-16-30(7)50(60)53-43(48)45(40)58;2*1-2/h14-19,21,25-29,31,36-37,46,56H,20,22-24H2,1-13H3,(H-,52,53,57,58,59,60);1-2H3;2H,1H3/p+1/b15-14+,21-19+,30-16-;;/t28?,29-,31-,36?,37+,46?,51+;;/m1../s1. The number of quaternary nitrogens is 1. The molecule has 4 N–H and O–H groups in total. The third-order valence-electron chi connectivity index (χ3n) is 13.7. The number of ether oxygens (including phenoxy) is 5. The zero-order valence-corrected chi connectivity index (χ0v) is 43.9. The predicted octanol–water partition coefficient (Wildman–Crippen LogP) is 9.06. The molecule has 0 fully saturated rings. The zero-order chi connectivity index (χ0) is 52.6. The van der Waals surface area contributed by atoms with Crippen molar-refractivity contribution < 1.29 is 62.3 Å². The molecule has 2 aliphatic heterocycles. The maximum atomic E-state index is 14.7. The van der Waals surface area contributed by atoms with Gasteiger partial charge < -0.3 is 53.2 Å². The molecule has 16 nitrogen and oxygen atoms in total. The van der Waals surface area contributed by atoms with Crippen molar-refractivity contribution in [2.24, 2.45) is 17.8 Å². The Morgan fingerprint density at radius 1 is 1.01 bits per heavy atom. The van der Waals surface area contributed by atoms with E-state index in [-0.39, 0.29) is 67.4 Å². The van der Waals surface area contributed by atoms with Gasteiger partial charge in [-0.05, 0) is 84.4 Å². The molecule has 3 aromatic carbocycles. The van der Waals surface area contributed by atoms with Crippen LogP contribution in [-0.2, 0) is 23.8 Å². The summed E-state index contributed by atoms with van der Waals surface area (Å²) in [7, 11) is 4.66. The number of aromatic hydroxyl groups is 1. The fourth-order valence-corrected chi connectivity index (χ4v) is 9.09. The molecule has 0 spiro atoms. The molecule has 0 saturated carbocycles. The van der Waals surface area contributed by atoms with Crippen LogP contribution in [0.25, 0.3) is 33.0 Å². The smallest absolute Gasteiger partial charge is 0.312 e. The van der Waals surface area contributed by atoms with Gasteiger partial charge in [-0.2, -0.15) is 0 Å². The van der Waals surface area contributed by atoms with Crippen LogP contribution in [0.2, 0.25) is 0 Å². The number of ketones is 1. The minimum absolute atomic E-state index is 0.00293. The quantitative estimate of drug-likeness (QED) is 0.0427. The molecule has 16 heteroatoms.